The molecule has 4 aliphatic rings. The first kappa shape index (κ1) is 104. The number of allylic oxidation sites excluding steroid dienone is 1. The monoisotopic (exact) mass is 1900 g/mol. The summed E-state index contributed by atoms with van der Waals surface area (Å²) in [5, 5.41) is 19.7. The molecule has 126 heavy (non-hydrogen) atoms. The molecule has 4 aliphatic heterocycles. The number of aromatic nitrogens is 2. The van der Waals surface area contributed by atoms with Crippen LogP contribution in [0.25, 0.3) is 22.6 Å². The van der Waals surface area contributed by atoms with Crippen molar-refractivity contribution in [3.8, 4) is 22.6 Å². The van der Waals surface area contributed by atoms with E-state index in [0.717, 1.165) is 53.8 Å². The normalized spacial score (nSPS) is 21.0. The number of halogens is 8. The maximum absolute atomic E-state index is 14.0. The molecule has 0 spiro atoms. The average Bonchev–Trinajstić information content (AvgIpc) is 1.63. The minimum atomic E-state index is -1.32. The van der Waals surface area contributed by atoms with E-state index in [1.54, 1.807) is 181 Å². The lowest BCUT2D eigenvalue weighted by Crippen LogP contribution is -2.50. The van der Waals surface area contributed by atoms with Gasteiger partial charge in [-0.3, -0.25) is 24.4 Å². The number of benzene rings is 5. The third kappa shape index (κ3) is 28.4. The van der Waals surface area contributed by atoms with Gasteiger partial charge in [0, 0.05) is 51.6 Å². The molecule has 2 N–H and O–H groups in total. The fourth-order valence-electron chi connectivity index (χ4n) is 14.1. The second kappa shape index (κ2) is 43.6. The van der Waals surface area contributed by atoms with Crippen molar-refractivity contribution in [1.29, 1.82) is 0 Å². The predicted molar refractivity (Wildman–Crippen MR) is 484 cm³/mol. The van der Waals surface area contributed by atoms with Crippen LogP contribution in [-0.2, 0) is 42.7 Å². The summed E-state index contributed by atoms with van der Waals surface area (Å²) in [6.07, 6.45) is 1.00. The molecule has 4 saturated heterocycles. The summed E-state index contributed by atoms with van der Waals surface area (Å²) in [4.78, 5) is 69.4. The maximum Gasteiger partial charge on any atom is 0.413 e. The lowest BCUT2D eigenvalue weighted by atomic mass is 10.0. The van der Waals surface area contributed by atoms with Crippen LogP contribution in [-0.4, -0.2) is 208 Å². The number of thiocarbonyl (C=S) groups is 2. The summed E-state index contributed by atoms with van der Waals surface area (Å²) in [7, 11) is 3.85. The fourth-order valence-corrected chi connectivity index (χ4v) is 14.9. The van der Waals surface area contributed by atoms with Gasteiger partial charge in [0.15, 0.2) is 16.4 Å². The zero-order chi connectivity index (χ0) is 94.3. The fraction of sp³-hybridized carbons (Fsp3) is 0.511. The molecule has 5 amide bonds. The number of nitrogens with one attached hydrogen (secondary N) is 1. The average molecular weight is 1900 g/mol. The SMILES string of the molecule is CC(=S)c1ccc([C@H]2OC(C)(C)N(C(=O)OC(C)(C)C)[C@@H]2CF)cc1.CC(C)(C)OC(=O)N1[C@H](CF)[C@@H](c2ccc(-c3ccno3)cc2)OC1(C)C.CC(C)(C)OC(=O)N1[C@H](CF)[C@@H](c2ccc(Br)cc2)OC1(C)C.CN(C)/C=C/C(=S)c1ccc([C@H]2OC(C)(C)N(C(=O)OC(C)(C)C)[C@@H]2CF)cc1.O=C(N[C@H](CF)[C@H](O)c1ccc(-c2ccno2)cc1)C(Cl)Cl. The second-order valence-corrected chi connectivity index (χ2v) is 39.3. The van der Waals surface area contributed by atoms with Gasteiger partial charge in [0.2, 0.25) is 0 Å². The number of carbonyl (C=O) groups excluding carboxylic acids is 5. The van der Waals surface area contributed by atoms with Gasteiger partial charge < -0.3 is 62.3 Å². The molecular formula is C92H118BrCl2F5N8O16S2. The molecule has 6 heterocycles. The van der Waals surface area contributed by atoms with Crippen molar-refractivity contribution in [2.24, 2.45) is 0 Å². The van der Waals surface area contributed by atoms with Gasteiger partial charge in [0.1, 0.15) is 109 Å². The van der Waals surface area contributed by atoms with Crippen molar-refractivity contribution in [3.05, 3.63) is 202 Å². The summed E-state index contributed by atoms with van der Waals surface area (Å²) in [5.41, 5.74) is 0.516. The van der Waals surface area contributed by atoms with Crippen LogP contribution in [0, 0.1) is 0 Å². The highest BCUT2D eigenvalue weighted by Gasteiger charge is 2.56. The molecule has 2 aromatic heterocycles. The molecule has 0 radical (unpaired) electrons. The molecule has 4 fully saturated rings. The molecule has 11 rings (SSSR count). The van der Waals surface area contributed by atoms with Gasteiger partial charge in [0.25, 0.3) is 5.91 Å². The first-order chi connectivity index (χ1) is 58.5. The van der Waals surface area contributed by atoms with Gasteiger partial charge in [-0.15, -0.1) is 0 Å². The van der Waals surface area contributed by atoms with E-state index in [9.17, 15) is 51.0 Å². The molecule has 10 atom stereocenters. The standard InChI is InChI=1S/C22H31FN2O3S.C20H25FN2O4.C19H26FNO3S.C17H23BrFNO3.C14H13Cl2FN2O3/c1-21(2,3)28-20(26)25-17(14-23)19(27-22(25,4)5)16-10-8-15(9-11-16)18(29)12-13-24(6)7;1-19(2,3)26-18(24)23-15(12-21)17(25-20(23,4)5)14-8-6-13(7-9-14)16-10-11-22-27-16;1-12(25)13-7-9-14(10-8-13)16-15(11-20)21(19(5,6)23-16)17(22)24-18(2,3)4;1-16(2,3)23-15(21)20-13(10-19)14(22-17(20,4)5)11-6-8-12(18)9-7-11;15-13(16)14(21)19-10(7-17)12(20)9-3-1-8(2-4-9)11-5-6-18-22-11/h8-13,17,19H,14H2,1-7H3;6-11,15,17H,12H2,1-5H3;7-10,15-16H,11H2,1-6H3;6-9,13-14H,10H2,1-5H3;1-6,10,12-13,20H,7H2,(H,19,21)/b13-12+;;;;/t17-,19-;15-,17-;15-,16-;13-,14-;10-,12-/m11111/s1. The number of hydrogen-bond acceptors (Lipinski definition) is 21. The second-order valence-electron chi connectivity index (χ2n) is 36.2. The summed E-state index contributed by atoms with van der Waals surface area (Å²) in [6, 6.07) is 35.8. The largest absolute Gasteiger partial charge is 0.444 e. The molecule has 5 aromatic carbocycles. The zero-order valence-corrected chi connectivity index (χ0v) is 80.2. The third-order valence-corrected chi connectivity index (χ3v) is 21.1. The number of amides is 5. The molecule has 690 valence electrons. The Balaban J connectivity index is 0.000000217. The Bertz CT molecular complexity index is 4770. The van der Waals surface area contributed by atoms with Crippen molar-refractivity contribution < 1.29 is 98.0 Å². The maximum atomic E-state index is 14.0. The first-order valence-corrected chi connectivity index (χ1v) is 43.2. The van der Waals surface area contributed by atoms with E-state index in [-0.39, 0.29) is 0 Å². The summed E-state index contributed by atoms with van der Waals surface area (Å²) < 4.78 is 126. The smallest absolute Gasteiger partial charge is 0.413 e. The molecule has 7 aromatic rings. The van der Waals surface area contributed by atoms with Crippen molar-refractivity contribution >= 4 is 104 Å². The van der Waals surface area contributed by atoms with Gasteiger partial charge in [-0.25, -0.2) is 41.1 Å². The number of rotatable bonds is 19. The number of hydrogen-bond donors (Lipinski definition) is 2. The highest BCUT2D eigenvalue weighted by atomic mass is 79.9. The van der Waals surface area contributed by atoms with Gasteiger partial charge >= 0.3 is 24.4 Å². The number of carbonyl (C=O) groups is 5. The number of ether oxygens (including phenoxy) is 8. The van der Waals surface area contributed by atoms with Gasteiger partial charge in [-0.05, 0) is 209 Å². The number of nitrogens with zero attached hydrogens (tertiary/aromatic N) is 7. The Morgan fingerprint density at radius 1 is 0.492 bits per heavy atom. The number of alkyl halides is 7. The van der Waals surface area contributed by atoms with Crippen molar-refractivity contribution in [2.45, 2.75) is 256 Å². The molecular weight excluding hydrogens is 1780 g/mol. The van der Waals surface area contributed by atoms with Crippen LogP contribution in [0.5, 0.6) is 0 Å². The van der Waals surface area contributed by atoms with Crippen LogP contribution < -0.4 is 5.32 Å². The van der Waals surface area contributed by atoms with Crippen molar-refractivity contribution in [1.82, 2.24) is 40.1 Å². The molecule has 0 unspecified atom stereocenters. The molecule has 0 saturated carbocycles. The first-order valence-electron chi connectivity index (χ1n) is 40.8. The van der Waals surface area contributed by atoms with Crippen LogP contribution in [0.15, 0.2) is 172 Å². The van der Waals surface area contributed by atoms with E-state index in [1.807, 2.05) is 135 Å². The summed E-state index contributed by atoms with van der Waals surface area (Å²) >= 11 is 24.8. The van der Waals surface area contributed by atoms with Crippen LogP contribution in [0.3, 0.4) is 0 Å². The van der Waals surface area contributed by atoms with E-state index in [1.165, 1.54) is 25.8 Å². The number of aliphatic hydroxyl groups is 1. The van der Waals surface area contributed by atoms with Crippen molar-refractivity contribution in [2.75, 3.05) is 47.5 Å². The Kier molecular flexibility index (Phi) is 36.1. The Labute approximate surface area is 764 Å². The number of aliphatic hydroxyl groups excluding tert-OH is 1. The van der Waals surface area contributed by atoms with E-state index in [4.69, 9.17) is 94.6 Å². The molecule has 0 aliphatic carbocycles. The topological polar surface area (TPSA) is 260 Å². The van der Waals surface area contributed by atoms with E-state index >= 15 is 0 Å². The highest BCUT2D eigenvalue weighted by Crippen LogP contribution is 2.47. The zero-order valence-electron chi connectivity index (χ0n) is 75.4. The molecule has 34 heteroatoms. The van der Waals surface area contributed by atoms with E-state index < -0.39 is 175 Å². The van der Waals surface area contributed by atoms with Crippen LogP contribution >= 0.6 is 63.6 Å². The lowest BCUT2D eigenvalue weighted by Gasteiger charge is -2.34. The van der Waals surface area contributed by atoms with E-state index in [0.29, 0.717) is 21.9 Å². The third-order valence-electron chi connectivity index (χ3n) is 19.6. The molecule has 0 bridgehead atoms. The Hall–Kier alpha value is -8.70. The van der Waals surface area contributed by atoms with Crippen LogP contribution in [0.1, 0.15) is 215 Å². The Morgan fingerprint density at radius 2 is 0.778 bits per heavy atom. The van der Waals surface area contributed by atoms with Gasteiger partial charge in [-0.2, -0.15) is 0 Å². The highest BCUT2D eigenvalue weighted by molar-refractivity contribution is 9.10. The summed E-state index contributed by atoms with van der Waals surface area (Å²) in [5.74, 6) is 0.457. The Morgan fingerprint density at radius 3 is 1.03 bits per heavy atom. The summed E-state index contributed by atoms with van der Waals surface area (Å²) in [6.45, 7) is 33.3. The van der Waals surface area contributed by atoms with Gasteiger partial charge in [0.05, 0.1) is 42.6 Å². The van der Waals surface area contributed by atoms with E-state index in [2.05, 4.69) is 31.6 Å². The minimum absolute atomic E-state index is 0.437. The van der Waals surface area contributed by atoms with Crippen LogP contribution in [0.4, 0.5) is 41.1 Å². The predicted octanol–water partition coefficient (Wildman–Crippen LogP) is 21.9. The van der Waals surface area contributed by atoms with Crippen molar-refractivity contribution in [3.63, 3.8) is 0 Å². The minimum Gasteiger partial charge on any atom is -0.444 e. The molecule has 24 nitrogen and oxygen atoms in total. The lowest BCUT2D eigenvalue weighted by molar-refractivity contribution is -0.121. The quantitative estimate of drug-likeness (QED) is 0.0190. The van der Waals surface area contributed by atoms with Crippen LogP contribution in [0.2, 0.25) is 0 Å². The van der Waals surface area contributed by atoms with Gasteiger partial charge in [-0.1, -0.05) is 183 Å².